The normalized spacial score (nSPS) is 13.4. The highest BCUT2D eigenvalue weighted by atomic mass is 16.2. The van der Waals surface area contributed by atoms with Crippen LogP contribution in [0.15, 0.2) is 176 Å². The highest BCUT2D eigenvalue weighted by molar-refractivity contribution is 6.37. The molecule has 0 spiro atoms. The fourth-order valence-corrected chi connectivity index (χ4v) is 8.88. The van der Waals surface area contributed by atoms with Gasteiger partial charge in [-0.2, -0.15) is 0 Å². The first-order valence-electron chi connectivity index (χ1n) is 18.3. The van der Waals surface area contributed by atoms with E-state index in [1.807, 2.05) is 54.6 Å². The first-order valence-corrected chi connectivity index (χ1v) is 18.3. The molecule has 0 fully saturated rings. The SMILES string of the molecule is C=CC=CC(=CC)c1c2c(c(-c3ccccc3)c3ccccc13)-c1ccc(-c3ccc4c5c(cccc35)C(=O)N(c3ccccc3)C4=O)c3cccc-2c13. The Hall–Kier alpha value is -7.10. The van der Waals surface area contributed by atoms with E-state index in [1.54, 1.807) is 12.1 Å². The molecule has 1 aliphatic heterocycles. The van der Waals surface area contributed by atoms with E-state index in [2.05, 4.69) is 117 Å². The average molecular weight is 692 g/mol. The zero-order valence-corrected chi connectivity index (χ0v) is 29.6. The Bertz CT molecular complexity index is 2960. The molecule has 2 aliphatic rings. The van der Waals surface area contributed by atoms with Gasteiger partial charge in [-0.1, -0.05) is 152 Å². The van der Waals surface area contributed by atoms with E-state index in [4.69, 9.17) is 0 Å². The third-order valence-corrected chi connectivity index (χ3v) is 11.1. The van der Waals surface area contributed by atoms with Gasteiger partial charge < -0.3 is 0 Å². The summed E-state index contributed by atoms with van der Waals surface area (Å²) in [7, 11) is 0. The zero-order valence-electron chi connectivity index (χ0n) is 29.6. The molecule has 0 saturated carbocycles. The number of amides is 2. The number of anilines is 1. The lowest BCUT2D eigenvalue weighted by atomic mass is 9.82. The molecule has 3 nitrogen and oxygen atoms in total. The number of fused-ring (bicyclic) bond motifs is 4. The molecule has 10 rings (SSSR count). The van der Waals surface area contributed by atoms with Crippen LogP contribution in [0.4, 0.5) is 5.69 Å². The van der Waals surface area contributed by atoms with Crippen LogP contribution in [0, 0.1) is 0 Å². The van der Waals surface area contributed by atoms with Gasteiger partial charge in [0.2, 0.25) is 0 Å². The number of carbonyl (C=O) groups is 2. The summed E-state index contributed by atoms with van der Waals surface area (Å²) in [6, 6.07) is 49.5. The molecule has 3 heteroatoms. The van der Waals surface area contributed by atoms with Crippen molar-refractivity contribution in [3.8, 4) is 44.5 Å². The summed E-state index contributed by atoms with van der Waals surface area (Å²) >= 11 is 0. The Kier molecular flexibility index (Phi) is 7.18. The number of imide groups is 1. The van der Waals surface area contributed by atoms with E-state index in [0.717, 1.165) is 27.5 Å². The number of hydrogen-bond donors (Lipinski definition) is 0. The summed E-state index contributed by atoms with van der Waals surface area (Å²) in [6.07, 6.45) is 8.18. The van der Waals surface area contributed by atoms with Crippen molar-refractivity contribution in [1.29, 1.82) is 0 Å². The van der Waals surface area contributed by atoms with Crippen LogP contribution in [0.25, 0.3) is 82.4 Å². The largest absolute Gasteiger partial charge is 0.268 e. The van der Waals surface area contributed by atoms with Crippen molar-refractivity contribution in [3.05, 3.63) is 193 Å². The van der Waals surface area contributed by atoms with Crippen molar-refractivity contribution in [2.75, 3.05) is 4.90 Å². The fraction of sp³-hybridized carbons (Fsp3) is 0.0196. The quantitative estimate of drug-likeness (QED) is 0.129. The third-order valence-electron chi connectivity index (χ3n) is 11.1. The topological polar surface area (TPSA) is 37.4 Å². The van der Waals surface area contributed by atoms with Gasteiger partial charge in [0.1, 0.15) is 0 Å². The summed E-state index contributed by atoms with van der Waals surface area (Å²) in [6.45, 7) is 6.06. The van der Waals surface area contributed by atoms with Gasteiger partial charge in [0, 0.05) is 16.5 Å². The standard InChI is InChI=1S/C51H33NO2/c1-3-5-16-31(4-2)44-38-21-12-13-22-39(38)45(32-17-8-6-9-18-32)49-41-29-27-34(36-23-14-25-40(46(36)41)48(44)49)35-28-30-43-47-37(35)24-15-26-42(47)50(53)52(51(43)54)33-19-10-7-11-20-33/h3-30H,1H2,2H3. The van der Waals surface area contributed by atoms with Gasteiger partial charge in [-0.25, -0.2) is 4.90 Å². The lowest BCUT2D eigenvalue weighted by Crippen LogP contribution is -2.40. The maximum Gasteiger partial charge on any atom is 0.265 e. The number of nitrogens with zero attached hydrogens (tertiary/aromatic N) is 1. The summed E-state index contributed by atoms with van der Waals surface area (Å²) in [5.74, 6) is -0.619. The molecular formula is C51H33NO2. The van der Waals surface area contributed by atoms with Gasteiger partial charge in [0.25, 0.3) is 11.8 Å². The highest BCUT2D eigenvalue weighted by Crippen LogP contribution is 2.58. The molecule has 2 amide bonds. The number of carbonyl (C=O) groups excluding carboxylic acids is 2. The minimum Gasteiger partial charge on any atom is -0.268 e. The number of rotatable bonds is 6. The van der Waals surface area contributed by atoms with E-state index in [9.17, 15) is 9.59 Å². The highest BCUT2D eigenvalue weighted by Gasteiger charge is 2.35. The van der Waals surface area contributed by atoms with Crippen LogP contribution >= 0.6 is 0 Å². The van der Waals surface area contributed by atoms with Crippen molar-refractivity contribution >= 4 is 55.4 Å². The molecule has 0 atom stereocenters. The molecule has 54 heavy (non-hydrogen) atoms. The lowest BCUT2D eigenvalue weighted by molar-refractivity contribution is 0.0893. The first-order chi connectivity index (χ1) is 26.6. The fourth-order valence-electron chi connectivity index (χ4n) is 8.88. The number of para-hydroxylation sites is 1. The molecule has 254 valence electrons. The molecule has 8 aromatic carbocycles. The van der Waals surface area contributed by atoms with Gasteiger partial charge in [-0.3, -0.25) is 9.59 Å². The van der Waals surface area contributed by atoms with Crippen LogP contribution in [-0.2, 0) is 0 Å². The van der Waals surface area contributed by atoms with Crippen LogP contribution in [0.3, 0.4) is 0 Å². The maximum atomic E-state index is 14.0. The molecule has 0 saturated heterocycles. The van der Waals surface area contributed by atoms with Crippen LogP contribution < -0.4 is 4.90 Å². The van der Waals surface area contributed by atoms with Crippen molar-refractivity contribution < 1.29 is 9.59 Å². The summed E-state index contributed by atoms with van der Waals surface area (Å²) in [5.41, 5.74) is 13.2. The Balaban J connectivity index is 1.26. The maximum absolute atomic E-state index is 14.0. The van der Waals surface area contributed by atoms with Gasteiger partial charge >= 0.3 is 0 Å². The second-order valence-electron chi connectivity index (χ2n) is 13.8. The molecule has 0 aromatic heterocycles. The smallest absolute Gasteiger partial charge is 0.265 e. The van der Waals surface area contributed by atoms with Crippen molar-refractivity contribution in [1.82, 2.24) is 0 Å². The number of benzene rings is 8. The second-order valence-corrected chi connectivity index (χ2v) is 13.8. The predicted octanol–water partition coefficient (Wildman–Crippen LogP) is 13.1. The number of allylic oxidation sites excluding steroid dienone is 5. The molecule has 1 aliphatic carbocycles. The van der Waals surface area contributed by atoms with Crippen molar-refractivity contribution in [3.63, 3.8) is 0 Å². The van der Waals surface area contributed by atoms with E-state index >= 15 is 0 Å². The summed E-state index contributed by atoms with van der Waals surface area (Å²) in [4.78, 5) is 29.3. The predicted molar refractivity (Wildman–Crippen MR) is 225 cm³/mol. The Labute approximate surface area is 313 Å². The lowest BCUT2D eigenvalue weighted by Gasteiger charge is -2.28. The molecule has 0 N–H and O–H groups in total. The Morgan fingerprint density at radius 3 is 1.69 bits per heavy atom. The monoisotopic (exact) mass is 691 g/mol. The molecule has 0 unspecified atom stereocenters. The van der Waals surface area contributed by atoms with Gasteiger partial charge in [0.15, 0.2) is 0 Å². The Morgan fingerprint density at radius 2 is 1.02 bits per heavy atom. The van der Waals surface area contributed by atoms with Crippen LogP contribution in [0.5, 0.6) is 0 Å². The molecule has 8 aromatic rings. The third kappa shape index (κ3) is 4.42. The van der Waals surface area contributed by atoms with E-state index < -0.39 is 0 Å². The van der Waals surface area contributed by atoms with Crippen LogP contribution in [-0.4, -0.2) is 11.8 Å². The minimum atomic E-state index is -0.310. The van der Waals surface area contributed by atoms with Crippen LogP contribution in [0.1, 0.15) is 33.2 Å². The Morgan fingerprint density at radius 1 is 0.500 bits per heavy atom. The molecule has 1 heterocycles. The number of hydrogen-bond acceptors (Lipinski definition) is 2. The van der Waals surface area contributed by atoms with E-state index in [0.29, 0.717) is 22.2 Å². The molecule has 0 bridgehead atoms. The average Bonchev–Trinajstić information content (AvgIpc) is 3.55. The zero-order chi connectivity index (χ0) is 36.5. The molecule has 0 radical (unpaired) electrons. The van der Waals surface area contributed by atoms with E-state index in [-0.39, 0.29) is 11.8 Å². The van der Waals surface area contributed by atoms with Gasteiger partial charge in [-0.05, 0) is 114 Å². The summed E-state index contributed by atoms with van der Waals surface area (Å²) in [5, 5.41) is 6.32. The minimum absolute atomic E-state index is 0.310. The van der Waals surface area contributed by atoms with Gasteiger partial charge in [-0.15, -0.1) is 0 Å². The molecular weight excluding hydrogens is 659 g/mol. The van der Waals surface area contributed by atoms with Gasteiger partial charge in [0.05, 0.1) is 5.69 Å². The van der Waals surface area contributed by atoms with Crippen molar-refractivity contribution in [2.45, 2.75) is 6.92 Å². The van der Waals surface area contributed by atoms with Crippen molar-refractivity contribution in [2.24, 2.45) is 0 Å². The van der Waals surface area contributed by atoms with Crippen LogP contribution in [0.2, 0.25) is 0 Å². The van der Waals surface area contributed by atoms with E-state index in [1.165, 1.54) is 60.0 Å². The summed E-state index contributed by atoms with van der Waals surface area (Å²) < 4.78 is 0. The first kappa shape index (κ1) is 31.6. The second kappa shape index (κ2) is 12.3.